The fraction of sp³-hybridized carbons (Fsp3) is 0.0769. The monoisotopic (exact) mass is 526 g/mol. The zero-order chi connectivity index (χ0) is 27.6. The lowest BCUT2D eigenvalue weighted by molar-refractivity contribution is 0.632. The van der Waals surface area contributed by atoms with Gasteiger partial charge in [-0.05, 0) is 70.8 Å². The first-order valence-corrected chi connectivity index (χ1v) is 14.3. The molecular weight excluding hydrogens is 496 g/mol. The molecule has 1 aliphatic heterocycles. The van der Waals surface area contributed by atoms with Gasteiger partial charge < -0.3 is 9.47 Å². The van der Waals surface area contributed by atoms with Gasteiger partial charge in [0.15, 0.2) is 0 Å². The number of anilines is 3. The molecule has 0 spiro atoms. The Bertz CT molecular complexity index is 1990. The van der Waals surface area contributed by atoms with Crippen LogP contribution in [0.15, 0.2) is 146 Å². The molecule has 0 fully saturated rings. The zero-order valence-corrected chi connectivity index (χ0v) is 23.3. The maximum absolute atomic E-state index is 2.43. The van der Waals surface area contributed by atoms with Gasteiger partial charge in [-0.15, -0.1) is 0 Å². The Kier molecular flexibility index (Phi) is 5.20. The molecule has 0 aliphatic carbocycles. The number of rotatable bonds is 3. The van der Waals surface area contributed by atoms with E-state index < -0.39 is 0 Å². The number of fused-ring (bicyclic) bond motifs is 5. The van der Waals surface area contributed by atoms with E-state index in [0.29, 0.717) is 0 Å². The van der Waals surface area contributed by atoms with Crippen molar-refractivity contribution in [2.45, 2.75) is 19.3 Å². The Labute approximate surface area is 240 Å². The van der Waals surface area contributed by atoms with E-state index in [1.807, 2.05) is 0 Å². The predicted molar refractivity (Wildman–Crippen MR) is 173 cm³/mol. The largest absolute Gasteiger partial charge is 0.310 e. The van der Waals surface area contributed by atoms with Crippen LogP contribution in [0, 0.1) is 0 Å². The van der Waals surface area contributed by atoms with Gasteiger partial charge in [-0.2, -0.15) is 0 Å². The quantitative estimate of drug-likeness (QED) is 0.222. The Morgan fingerprint density at radius 1 is 0.439 bits per heavy atom. The van der Waals surface area contributed by atoms with Crippen molar-refractivity contribution in [1.29, 1.82) is 0 Å². The maximum atomic E-state index is 2.43. The summed E-state index contributed by atoms with van der Waals surface area (Å²) in [6.07, 6.45) is 0. The summed E-state index contributed by atoms with van der Waals surface area (Å²) in [5.41, 5.74) is 12.3. The lowest BCUT2D eigenvalue weighted by Gasteiger charge is -2.42. The summed E-state index contributed by atoms with van der Waals surface area (Å²) in [6.45, 7) is 4.66. The first-order chi connectivity index (χ1) is 20.1. The Morgan fingerprint density at radius 3 is 1.49 bits per heavy atom. The molecule has 6 aromatic carbocycles. The van der Waals surface area contributed by atoms with E-state index in [1.54, 1.807) is 0 Å². The van der Waals surface area contributed by atoms with Crippen molar-refractivity contribution in [3.05, 3.63) is 157 Å². The van der Waals surface area contributed by atoms with Gasteiger partial charge in [0.2, 0.25) is 0 Å². The van der Waals surface area contributed by atoms with E-state index in [1.165, 1.54) is 66.8 Å². The molecule has 8 rings (SSSR count). The van der Waals surface area contributed by atoms with Gasteiger partial charge in [0.25, 0.3) is 0 Å². The van der Waals surface area contributed by atoms with Crippen LogP contribution in [0.3, 0.4) is 0 Å². The third-order valence-corrected chi connectivity index (χ3v) is 8.76. The minimum Gasteiger partial charge on any atom is -0.310 e. The van der Waals surface area contributed by atoms with Crippen molar-refractivity contribution in [2.75, 3.05) is 4.90 Å². The minimum absolute atomic E-state index is 0.0715. The van der Waals surface area contributed by atoms with Gasteiger partial charge in [-0.1, -0.05) is 111 Å². The van der Waals surface area contributed by atoms with E-state index in [-0.39, 0.29) is 5.41 Å². The summed E-state index contributed by atoms with van der Waals surface area (Å²) in [6, 6.07) is 52.9. The zero-order valence-electron chi connectivity index (χ0n) is 23.3. The van der Waals surface area contributed by atoms with Gasteiger partial charge in [-0.25, -0.2) is 0 Å². The summed E-state index contributed by atoms with van der Waals surface area (Å²) in [5, 5.41) is 2.56. The van der Waals surface area contributed by atoms with E-state index in [2.05, 4.69) is 169 Å². The molecule has 0 unspecified atom stereocenters. The van der Waals surface area contributed by atoms with Crippen molar-refractivity contribution in [3.8, 4) is 16.8 Å². The first kappa shape index (κ1) is 23.8. The second-order valence-electron chi connectivity index (χ2n) is 11.5. The summed E-state index contributed by atoms with van der Waals surface area (Å²) in [5.74, 6) is 0. The molecule has 196 valence electrons. The van der Waals surface area contributed by atoms with Crippen molar-refractivity contribution in [2.24, 2.45) is 0 Å². The highest BCUT2D eigenvalue weighted by molar-refractivity contribution is 6.09. The molecule has 1 aliphatic rings. The normalized spacial score (nSPS) is 13.8. The molecule has 0 radical (unpaired) electrons. The van der Waals surface area contributed by atoms with Crippen LogP contribution < -0.4 is 4.90 Å². The van der Waals surface area contributed by atoms with Crippen LogP contribution in [-0.2, 0) is 5.41 Å². The molecule has 0 saturated carbocycles. The lowest BCUT2D eigenvalue weighted by Crippen LogP contribution is -2.30. The molecule has 0 N–H and O–H groups in total. The third kappa shape index (κ3) is 3.57. The smallest absolute Gasteiger partial charge is 0.0541 e. The second kappa shape index (κ2) is 8.97. The van der Waals surface area contributed by atoms with Gasteiger partial charge in [-0.3, -0.25) is 0 Å². The van der Waals surface area contributed by atoms with Crippen molar-refractivity contribution < 1.29 is 0 Å². The minimum atomic E-state index is -0.0715. The summed E-state index contributed by atoms with van der Waals surface area (Å²) < 4.78 is 2.39. The second-order valence-corrected chi connectivity index (χ2v) is 11.5. The average Bonchev–Trinajstić information content (AvgIpc) is 3.36. The van der Waals surface area contributed by atoms with E-state index in [0.717, 1.165) is 0 Å². The van der Waals surface area contributed by atoms with Crippen LogP contribution in [-0.4, -0.2) is 4.57 Å². The van der Waals surface area contributed by atoms with E-state index in [4.69, 9.17) is 0 Å². The molecule has 2 heteroatoms. The topological polar surface area (TPSA) is 8.17 Å². The fourth-order valence-electron chi connectivity index (χ4n) is 6.80. The third-order valence-electron chi connectivity index (χ3n) is 8.76. The molecule has 1 aromatic heterocycles. The molecule has 0 bridgehead atoms. The lowest BCUT2D eigenvalue weighted by atomic mass is 9.73. The molecule has 0 saturated heterocycles. The van der Waals surface area contributed by atoms with Crippen LogP contribution in [0.25, 0.3) is 38.6 Å². The standard InChI is InChI=1S/C39H30N2/c1-39(2)33-19-5-9-23-37(33)41(38-24-10-6-20-34(38)39)30-16-12-14-28(26-30)27-13-11-15-29(25-27)40-35-21-7-3-17-31(35)32-18-4-8-22-36(32)40/h3-26H,1-2H3. The fourth-order valence-corrected chi connectivity index (χ4v) is 6.80. The van der Waals surface area contributed by atoms with Crippen LogP contribution in [0.1, 0.15) is 25.0 Å². The highest BCUT2D eigenvalue weighted by Crippen LogP contribution is 2.51. The van der Waals surface area contributed by atoms with E-state index in [9.17, 15) is 0 Å². The van der Waals surface area contributed by atoms with Crippen LogP contribution >= 0.6 is 0 Å². The number of benzene rings is 6. The van der Waals surface area contributed by atoms with Gasteiger partial charge in [0, 0.05) is 27.6 Å². The molecule has 2 nitrogen and oxygen atoms in total. The molecule has 41 heavy (non-hydrogen) atoms. The number of aromatic nitrogens is 1. The highest BCUT2D eigenvalue weighted by atomic mass is 15.2. The SMILES string of the molecule is CC1(C)c2ccccc2N(c2cccc(-c3cccc(-n4c5ccccc5c5ccccc54)c3)c2)c2ccccc21. The van der Waals surface area contributed by atoms with Crippen molar-refractivity contribution in [1.82, 2.24) is 4.57 Å². The van der Waals surface area contributed by atoms with Crippen molar-refractivity contribution >= 4 is 38.9 Å². The summed E-state index contributed by atoms with van der Waals surface area (Å²) >= 11 is 0. The van der Waals surface area contributed by atoms with Crippen molar-refractivity contribution in [3.63, 3.8) is 0 Å². The summed E-state index contributed by atoms with van der Waals surface area (Å²) in [4.78, 5) is 2.43. The number of para-hydroxylation sites is 4. The Hall–Kier alpha value is -5.08. The predicted octanol–water partition coefficient (Wildman–Crippen LogP) is 10.6. The molecule has 0 amide bonds. The molecule has 7 aromatic rings. The summed E-state index contributed by atoms with van der Waals surface area (Å²) in [7, 11) is 0. The maximum Gasteiger partial charge on any atom is 0.0541 e. The molecule has 0 atom stereocenters. The van der Waals surface area contributed by atoms with Gasteiger partial charge in [0.1, 0.15) is 0 Å². The van der Waals surface area contributed by atoms with Crippen LogP contribution in [0.2, 0.25) is 0 Å². The Balaban J connectivity index is 1.28. The van der Waals surface area contributed by atoms with Gasteiger partial charge in [0.05, 0.1) is 22.4 Å². The first-order valence-electron chi connectivity index (χ1n) is 14.3. The van der Waals surface area contributed by atoms with Crippen LogP contribution in [0.5, 0.6) is 0 Å². The van der Waals surface area contributed by atoms with E-state index >= 15 is 0 Å². The molecular formula is C39H30N2. The average molecular weight is 527 g/mol. The van der Waals surface area contributed by atoms with Gasteiger partial charge >= 0.3 is 0 Å². The number of nitrogens with zero attached hydrogens (tertiary/aromatic N) is 2. The Morgan fingerprint density at radius 2 is 0.902 bits per heavy atom. The number of hydrogen-bond donors (Lipinski definition) is 0. The number of hydrogen-bond acceptors (Lipinski definition) is 1. The van der Waals surface area contributed by atoms with Crippen LogP contribution in [0.4, 0.5) is 17.1 Å². The highest BCUT2D eigenvalue weighted by Gasteiger charge is 2.36. The molecule has 2 heterocycles.